The SMILES string of the molecule is O=C(Nc1ccsc1)N1CCOC(c2ccnc(N3CCCC3)n2)C1. The average molecular weight is 359 g/mol. The number of rotatable bonds is 3. The maximum absolute atomic E-state index is 12.4. The quantitative estimate of drug-likeness (QED) is 0.912. The van der Waals surface area contributed by atoms with Gasteiger partial charge in [-0.25, -0.2) is 14.8 Å². The lowest BCUT2D eigenvalue weighted by molar-refractivity contribution is -0.0157. The van der Waals surface area contributed by atoms with E-state index in [1.165, 1.54) is 12.8 Å². The molecule has 0 saturated carbocycles. The fourth-order valence-corrected chi connectivity index (χ4v) is 3.75. The van der Waals surface area contributed by atoms with Crippen LogP contribution in [0.15, 0.2) is 29.1 Å². The Kier molecular flexibility index (Phi) is 4.80. The molecule has 1 unspecified atom stereocenters. The summed E-state index contributed by atoms with van der Waals surface area (Å²) in [6.45, 7) is 3.59. The molecule has 8 heteroatoms. The van der Waals surface area contributed by atoms with Gasteiger partial charge < -0.3 is 19.9 Å². The molecule has 1 N–H and O–H groups in total. The zero-order valence-electron chi connectivity index (χ0n) is 13.9. The van der Waals surface area contributed by atoms with Crippen molar-refractivity contribution in [1.29, 1.82) is 0 Å². The molecule has 2 aliphatic heterocycles. The van der Waals surface area contributed by atoms with E-state index in [0.29, 0.717) is 19.7 Å². The number of morpholine rings is 1. The van der Waals surface area contributed by atoms with Crippen LogP contribution in [0, 0.1) is 0 Å². The minimum Gasteiger partial charge on any atom is -0.368 e. The molecule has 4 heterocycles. The first-order chi connectivity index (χ1) is 12.3. The van der Waals surface area contributed by atoms with E-state index in [-0.39, 0.29) is 12.1 Å². The van der Waals surface area contributed by atoms with Gasteiger partial charge in [-0.1, -0.05) is 0 Å². The number of nitrogens with one attached hydrogen (secondary N) is 1. The maximum Gasteiger partial charge on any atom is 0.322 e. The number of aromatic nitrogens is 2. The average Bonchev–Trinajstić information content (AvgIpc) is 3.36. The highest BCUT2D eigenvalue weighted by atomic mass is 32.1. The fraction of sp³-hybridized carbons (Fsp3) is 0.471. The standard InChI is InChI=1S/C17H21N5O2S/c23-17(19-13-4-10-25-12-13)22-8-9-24-15(11-22)14-3-5-18-16(20-14)21-6-1-2-7-21/h3-5,10,12,15H,1-2,6-9,11H2,(H,19,23). The van der Waals surface area contributed by atoms with E-state index in [4.69, 9.17) is 4.74 Å². The second kappa shape index (κ2) is 7.37. The van der Waals surface area contributed by atoms with Gasteiger partial charge in [0, 0.05) is 31.2 Å². The summed E-state index contributed by atoms with van der Waals surface area (Å²) >= 11 is 1.56. The van der Waals surface area contributed by atoms with Gasteiger partial charge in [0.15, 0.2) is 0 Å². The molecule has 0 spiro atoms. The molecule has 2 saturated heterocycles. The molecule has 4 rings (SSSR count). The summed E-state index contributed by atoms with van der Waals surface area (Å²) in [6.07, 6.45) is 3.93. The van der Waals surface area contributed by atoms with Crippen LogP contribution in [0.25, 0.3) is 0 Å². The number of hydrogen-bond donors (Lipinski definition) is 1. The van der Waals surface area contributed by atoms with Crippen molar-refractivity contribution in [2.45, 2.75) is 18.9 Å². The number of carbonyl (C=O) groups is 1. The predicted octanol–water partition coefficient (Wildman–Crippen LogP) is 2.74. The van der Waals surface area contributed by atoms with Crippen molar-refractivity contribution in [2.75, 3.05) is 43.0 Å². The first kappa shape index (κ1) is 16.3. The van der Waals surface area contributed by atoms with Gasteiger partial charge >= 0.3 is 6.03 Å². The third kappa shape index (κ3) is 3.74. The van der Waals surface area contributed by atoms with Crippen LogP contribution in [0.3, 0.4) is 0 Å². The van der Waals surface area contributed by atoms with E-state index >= 15 is 0 Å². The highest BCUT2D eigenvalue weighted by molar-refractivity contribution is 7.08. The van der Waals surface area contributed by atoms with Crippen LogP contribution in [-0.4, -0.2) is 53.7 Å². The number of hydrogen-bond acceptors (Lipinski definition) is 6. The monoisotopic (exact) mass is 359 g/mol. The van der Waals surface area contributed by atoms with Gasteiger partial charge in [-0.15, -0.1) is 0 Å². The number of ether oxygens (including phenoxy) is 1. The van der Waals surface area contributed by atoms with Crippen molar-refractivity contribution in [3.63, 3.8) is 0 Å². The topological polar surface area (TPSA) is 70.6 Å². The zero-order chi connectivity index (χ0) is 17.1. The number of anilines is 2. The van der Waals surface area contributed by atoms with Gasteiger partial charge in [-0.05, 0) is 30.4 Å². The smallest absolute Gasteiger partial charge is 0.322 e. The Morgan fingerprint density at radius 2 is 2.16 bits per heavy atom. The van der Waals surface area contributed by atoms with Gasteiger partial charge in [0.25, 0.3) is 0 Å². The molecule has 2 aromatic heterocycles. The van der Waals surface area contributed by atoms with E-state index in [2.05, 4.69) is 20.2 Å². The summed E-state index contributed by atoms with van der Waals surface area (Å²) in [5.41, 5.74) is 1.67. The summed E-state index contributed by atoms with van der Waals surface area (Å²) in [5.74, 6) is 0.762. The van der Waals surface area contributed by atoms with Crippen LogP contribution in [0.4, 0.5) is 16.4 Å². The van der Waals surface area contributed by atoms with Crippen LogP contribution >= 0.6 is 11.3 Å². The van der Waals surface area contributed by atoms with Crippen molar-refractivity contribution in [1.82, 2.24) is 14.9 Å². The van der Waals surface area contributed by atoms with Gasteiger partial charge in [-0.2, -0.15) is 11.3 Å². The summed E-state index contributed by atoms with van der Waals surface area (Å²) in [4.78, 5) is 25.5. The molecule has 25 heavy (non-hydrogen) atoms. The minimum atomic E-state index is -0.216. The fourth-order valence-electron chi connectivity index (χ4n) is 3.16. The Balaban J connectivity index is 1.44. The highest BCUT2D eigenvalue weighted by Gasteiger charge is 2.27. The first-order valence-electron chi connectivity index (χ1n) is 8.57. The number of carbonyl (C=O) groups excluding carboxylic acids is 1. The Labute approximate surface area is 150 Å². The van der Waals surface area contributed by atoms with Gasteiger partial charge in [0.1, 0.15) is 6.10 Å². The first-order valence-corrected chi connectivity index (χ1v) is 9.51. The van der Waals surface area contributed by atoms with Gasteiger partial charge in [-0.3, -0.25) is 0 Å². The Bertz CT molecular complexity index is 718. The molecule has 1 atom stereocenters. The molecule has 0 radical (unpaired) electrons. The maximum atomic E-state index is 12.4. The molecule has 0 bridgehead atoms. The molecule has 0 aromatic carbocycles. The Morgan fingerprint density at radius 1 is 1.28 bits per heavy atom. The summed E-state index contributed by atoms with van der Waals surface area (Å²) in [6, 6.07) is 3.68. The zero-order valence-corrected chi connectivity index (χ0v) is 14.7. The number of urea groups is 1. The molecule has 7 nitrogen and oxygen atoms in total. The molecule has 2 aromatic rings. The molecule has 2 fully saturated rings. The minimum absolute atomic E-state index is 0.0967. The molecule has 2 amide bonds. The normalized spacial score (nSPS) is 20.7. The van der Waals surface area contributed by atoms with Crippen LogP contribution in [0.5, 0.6) is 0 Å². The van der Waals surface area contributed by atoms with E-state index in [9.17, 15) is 4.79 Å². The second-order valence-corrected chi connectivity index (χ2v) is 7.00. The third-order valence-corrected chi connectivity index (χ3v) is 5.19. The molecule has 0 aliphatic carbocycles. The van der Waals surface area contributed by atoms with Crippen LogP contribution in [0.2, 0.25) is 0 Å². The predicted molar refractivity (Wildman–Crippen MR) is 97.1 cm³/mol. The second-order valence-electron chi connectivity index (χ2n) is 6.22. The Hall–Kier alpha value is -2.19. The lowest BCUT2D eigenvalue weighted by atomic mass is 10.2. The summed E-state index contributed by atoms with van der Waals surface area (Å²) in [7, 11) is 0. The van der Waals surface area contributed by atoms with Crippen LogP contribution < -0.4 is 10.2 Å². The summed E-state index contributed by atoms with van der Waals surface area (Å²) in [5, 5.41) is 6.78. The number of amides is 2. The molecule has 2 aliphatic rings. The van der Waals surface area contributed by atoms with E-state index < -0.39 is 0 Å². The van der Waals surface area contributed by atoms with Crippen LogP contribution in [0.1, 0.15) is 24.6 Å². The third-order valence-electron chi connectivity index (χ3n) is 4.51. The number of nitrogens with zero attached hydrogens (tertiary/aromatic N) is 4. The lowest BCUT2D eigenvalue weighted by Crippen LogP contribution is -2.44. The van der Waals surface area contributed by atoms with Crippen molar-refractivity contribution >= 4 is 29.0 Å². The van der Waals surface area contributed by atoms with Crippen molar-refractivity contribution < 1.29 is 9.53 Å². The largest absolute Gasteiger partial charge is 0.368 e. The molecular formula is C17H21N5O2S. The van der Waals surface area contributed by atoms with E-state index in [1.54, 1.807) is 22.4 Å². The van der Waals surface area contributed by atoms with Crippen LogP contribution in [-0.2, 0) is 4.74 Å². The van der Waals surface area contributed by atoms with Gasteiger partial charge in [0.2, 0.25) is 5.95 Å². The van der Waals surface area contributed by atoms with Crippen molar-refractivity contribution in [2.24, 2.45) is 0 Å². The molecule has 132 valence electrons. The highest BCUT2D eigenvalue weighted by Crippen LogP contribution is 2.24. The Morgan fingerprint density at radius 3 is 2.96 bits per heavy atom. The lowest BCUT2D eigenvalue weighted by Gasteiger charge is -2.32. The van der Waals surface area contributed by atoms with E-state index in [1.807, 2.05) is 22.9 Å². The summed E-state index contributed by atoms with van der Waals surface area (Å²) < 4.78 is 5.87. The van der Waals surface area contributed by atoms with Crippen molar-refractivity contribution in [3.05, 3.63) is 34.8 Å². The number of thiophene rings is 1. The van der Waals surface area contributed by atoms with Crippen molar-refractivity contribution in [3.8, 4) is 0 Å². The van der Waals surface area contributed by atoms with Gasteiger partial charge in [0.05, 0.1) is 24.5 Å². The van der Waals surface area contributed by atoms with E-state index in [0.717, 1.165) is 30.4 Å². The molecular weight excluding hydrogens is 338 g/mol.